The summed E-state index contributed by atoms with van der Waals surface area (Å²) in [5, 5.41) is 0. The molecule has 22 heavy (non-hydrogen) atoms. The van der Waals surface area contributed by atoms with Gasteiger partial charge in [0.2, 0.25) is 0 Å². The molecule has 0 fully saturated rings. The fourth-order valence-corrected chi connectivity index (χ4v) is 2.60. The highest BCUT2D eigenvalue weighted by Crippen LogP contribution is 2.13. The van der Waals surface area contributed by atoms with Gasteiger partial charge in [0.1, 0.15) is 0 Å². The van der Waals surface area contributed by atoms with E-state index < -0.39 is 0 Å². The molecule has 0 aliphatic rings. The van der Waals surface area contributed by atoms with Crippen molar-refractivity contribution in [3.63, 3.8) is 0 Å². The summed E-state index contributed by atoms with van der Waals surface area (Å²) in [6.45, 7) is 7.81. The molecule has 0 rings (SSSR count). The molecule has 0 saturated carbocycles. The Morgan fingerprint density at radius 1 is 0.636 bits per heavy atom. The molecular formula is C20H40O2. The molecule has 2 nitrogen and oxygen atoms in total. The first-order chi connectivity index (χ1) is 10.8. The molecule has 0 aromatic heterocycles. The van der Waals surface area contributed by atoms with Crippen molar-refractivity contribution in [2.24, 2.45) is 0 Å². The minimum atomic E-state index is 0.0227. The summed E-state index contributed by atoms with van der Waals surface area (Å²) in [5.41, 5.74) is 0. The van der Waals surface area contributed by atoms with E-state index >= 15 is 0 Å². The first kappa shape index (κ1) is 21.7. The average molecular weight is 313 g/mol. The van der Waals surface area contributed by atoms with E-state index in [1.54, 1.807) is 0 Å². The van der Waals surface area contributed by atoms with Gasteiger partial charge in [0.15, 0.2) is 6.29 Å². The lowest BCUT2D eigenvalue weighted by Crippen LogP contribution is -2.17. The van der Waals surface area contributed by atoms with Crippen LogP contribution in [0.25, 0.3) is 0 Å². The van der Waals surface area contributed by atoms with E-state index in [0.717, 1.165) is 19.6 Å². The van der Waals surface area contributed by atoms with Crippen LogP contribution in [0.4, 0.5) is 0 Å². The zero-order valence-electron chi connectivity index (χ0n) is 15.4. The average Bonchev–Trinajstić information content (AvgIpc) is 2.52. The molecule has 0 atom stereocenters. The van der Waals surface area contributed by atoms with Crippen LogP contribution >= 0.6 is 0 Å². The summed E-state index contributed by atoms with van der Waals surface area (Å²) in [5.74, 6) is 0. The molecule has 0 heterocycles. The van der Waals surface area contributed by atoms with Gasteiger partial charge in [0.05, 0.1) is 0 Å². The van der Waals surface area contributed by atoms with Gasteiger partial charge in [-0.1, -0.05) is 64.0 Å². The van der Waals surface area contributed by atoms with Crippen molar-refractivity contribution in [1.29, 1.82) is 0 Å². The predicted octanol–water partition coefficient (Wildman–Crippen LogP) is 6.64. The number of allylic oxidation sites excluding steroid dienone is 2. The van der Waals surface area contributed by atoms with Gasteiger partial charge in [-0.25, -0.2) is 0 Å². The van der Waals surface area contributed by atoms with Crippen molar-refractivity contribution in [1.82, 2.24) is 0 Å². The Kier molecular flexibility index (Phi) is 18.4. The van der Waals surface area contributed by atoms with Gasteiger partial charge < -0.3 is 9.47 Å². The molecule has 0 amide bonds. The molecule has 132 valence electrons. The van der Waals surface area contributed by atoms with Crippen LogP contribution < -0.4 is 0 Å². The van der Waals surface area contributed by atoms with Crippen molar-refractivity contribution in [2.75, 3.05) is 13.2 Å². The standard InChI is InChI=1S/C20H40O2/c1-4-7-8-9-10-11-12-13-14-15-16-17-18-19-20(21-5-2)22-6-3/h9-10,20H,4-8,11-19H2,1-3H3/b10-9-. The maximum Gasteiger partial charge on any atom is 0.157 e. The summed E-state index contributed by atoms with van der Waals surface area (Å²) < 4.78 is 11.1. The van der Waals surface area contributed by atoms with Gasteiger partial charge in [0.25, 0.3) is 0 Å². The van der Waals surface area contributed by atoms with Crippen LogP contribution in [0.2, 0.25) is 0 Å². The third-order valence-corrected chi connectivity index (χ3v) is 3.91. The van der Waals surface area contributed by atoms with Crippen molar-refractivity contribution in [2.45, 2.75) is 104 Å². The summed E-state index contributed by atoms with van der Waals surface area (Å²) in [6, 6.07) is 0. The van der Waals surface area contributed by atoms with E-state index in [4.69, 9.17) is 9.47 Å². The van der Waals surface area contributed by atoms with Gasteiger partial charge in [-0.15, -0.1) is 0 Å². The fraction of sp³-hybridized carbons (Fsp3) is 0.900. The lowest BCUT2D eigenvalue weighted by Gasteiger charge is -2.16. The van der Waals surface area contributed by atoms with Crippen LogP contribution in [0.3, 0.4) is 0 Å². The highest BCUT2D eigenvalue weighted by molar-refractivity contribution is 4.81. The second-order valence-corrected chi connectivity index (χ2v) is 6.01. The second-order valence-electron chi connectivity index (χ2n) is 6.01. The zero-order valence-corrected chi connectivity index (χ0v) is 15.4. The van der Waals surface area contributed by atoms with Crippen molar-refractivity contribution in [3.05, 3.63) is 12.2 Å². The third-order valence-electron chi connectivity index (χ3n) is 3.91. The molecule has 0 bridgehead atoms. The Hall–Kier alpha value is -0.340. The van der Waals surface area contributed by atoms with Gasteiger partial charge in [-0.2, -0.15) is 0 Å². The number of unbranched alkanes of at least 4 members (excludes halogenated alkanes) is 9. The molecule has 0 aromatic carbocycles. The molecule has 0 aliphatic carbocycles. The maximum atomic E-state index is 5.56. The maximum absolute atomic E-state index is 5.56. The Morgan fingerprint density at radius 2 is 1.14 bits per heavy atom. The normalized spacial score (nSPS) is 11.8. The van der Waals surface area contributed by atoms with Gasteiger partial charge in [-0.05, 0) is 46.0 Å². The molecule has 0 aromatic rings. The van der Waals surface area contributed by atoms with Gasteiger partial charge in [0, 0.05) is 13.2 Å². The largest absolute Gasteiger partial charge is 0.353 e. The Bertz CT molecular complexity index is 220. The van der Waals surface area contributed by atoms with Crippen LogP contribution in [0.15, 0.2) is 12.2 Å². The van der Waals surface area contributed by atoms with Gasteiger partial charge >= 0.3 is 0 Å². The minimum absolute atomic E-state index is 0.0227. The Balaban J connectivity index is 3.24. The first-order valence-electron chi connectivity index (χ1n) is 9.73. The predicted molar refractivity (Wildman–Crippen MR) is 97.3 cm³/mol. The summed E-state index contributed by atoms with van der Waals surface area (Å²) in [4.78, 5) is 0. The van der Waals surface area contributed by atoms with E-state index in [2.05, 4.69) is 19.1 Å². The fourth-order valence-electron chi connectivity index (χ4n) is 2.60. The highest BCUT2D eigenvalue weighted by Gasteiger charge is 2.06. The van der Waals surface area contributed by atoms with Crippen LogP contribution in [0, 0.1) is 0 Å². The van der Waals surface area contributed by atoms with E-state index in [0.29, 0.717) is 0 Å². The quantitative estimate of drug-likeness (QED) is 0.170. The van der Waals surface area contributed by atoms with Crippen LogP contribution in [-0.2, 0) is 9.47 Å². The van der Waals surface area contributed by atoms with E-state index in [9.17, 15) is 0 Å². The number of rotatable bonds is 17. The molecule has 0 radical (unpaired) electrons. The van der Waals surface area contributed by atoms with Crippen LogP contribution in [0.5, 0.6) is 0 Å². The summed E-state index contributed by atoms with van der Waals surface area (Å²) in [7, 11) is 0. The third kappa shape index (κ3) is 16.0. The van der Waals surface area contributed by atoms with Crippen molar-refractivity contribution < 1.29 is 9.47 Å². The van der Waals surface area contributed by atoms with E-state index in [1.807, 2.05) is 13.8 Å². The molecule has 0 spiro atoms. The summed E-state index contributed by atoms with van der Waals surface area (Å²) in [6.07, 6.45) is 20.4. The number of hydrogen-bond acceptors (Lipinski definition) is 2. The molecule has 0 saturated heterocycles. The number of hydrogen-bond donors (Lipinski definition) is 0. The second kappa shape index (κ2) is 18.7. The Labute approximate surface area is 139 Å². The lowest BCUT2D eigenvalue weighted by atomic mass is 10.1. The molecule has 0 unspecified atom stereocenters. The zero-order chi connectivity index (χ0) is 16.3. The van der Waals surface area contributed by atoms with Crippen molar-refractivity contribution in [3.8, 4) is 0 Å². The monoisotopic (exact) mass is 312 g/mol. The molecule has 0 N–H and O–H groups in total. The SMILES string of the molecule is CCCC/C=C\CCCCCCCCCC(OCC)OCC. The highest BCUT2D eigenvalue weighted by atomic mass is 16.7. The van der Waals surface area contributed by atoms with Crippen LogP contribution in [0.1, 0.15) is 97.8 Å². The first-order valence-corrected chi connectivity index (χ1v) is 9.73. The van der Waals surface area contributed by atoms with Gasteiger partial charge in [-0.3, -0.25) is 0 Å². The molecular weight excluding hydrogens is 272 g/mol. The Morgan fingerprint density at radius 3 is 1.68 bits per heavy atom. The number of ether oxygens (including phenoxy) is 2. The van der Waals surface area contributed by atoms with Crippen molar-refractivity contribution >= 4 is 0 Å². The minimum Gasteiger partial charge on any atom is -0.353 e. The van der Waals surface area contributed by atoms with Crippen LogP contribution in [-0.4, -0.2) is 19.5 Å². The topological polar surface area (TPSA) is 18.5 Å². The summed E-state index contributed by atoms with van der Waals surface area (Å²) >= 11 is 0. The smallest absolute Gasteiger partial charge is 0.157 e. The molecule has 2 heteroatoms. The van der Waals surface area contributed by atoms with E-state index in [-0.39, 0.29) is 6.29 Å². The molecule has 0 aliphatic heterocycles. The van der Waals surface area contributed by atoms with E-state index in [1.165, 1.54) is 70.6 Å². The lowest BCUT2D eigenvalue weighted by molar-refractivity contribution is -0.140.